The topological polar surface area (TPSA) is 54.1 Å². The van der Waals surface area contributed by atoms with Crippen molar-refractivity contribution in [3.05, 3.63) is 11.6 Å². The number of aliphatic imine (C=N–C) groups is 3. The second-order valence-corrected chi connectivity index (χ2v) is 3.21. The molecule has 6 heteroatoms. The third kappa shape index (κ3) is 1.55. The van der Waals surface area contributed by atoms with Crippen LogP contribution in [0.15, 0.2) is 26.6 Å². The van der Waals surface area contributed by atoms with Crippen LogP contribution in [0.2, 0.25) is 0 Å². The normalized spacial score (nSPS) is 21.2. The molecular formula is C7H3Cl2N3O. The predicted molar refractivity (Wildman–Crippen MR) is 51.7 cm³/mol. The first kappa shape index (κ1) is 8.59. The monoisotopic (exact) mass is 215 g/mol. The number of nitrogens with zero attached hydrogens (tertiary/aromatic N) is 3. The summed E-state index contributed by atoms with van der Waals surface area (Å²) in [6, 6.07) is 0. The summed E-state index contributed by atoms with van der Waals surface area (Å²) >= 11 is 11.1. The quantitative estimate of drug-likeness (QED) is 0.566. The largest absolute Gasteiger partial charge is 0.283 e. The van der Waals surface area contributed by atoms with Gasteiger partial charge in [0.15, 0.2) is 5.84 Å². The Kier molecular flexibility index (Phi) is 2.01. The zero-order chi connectivity index (χ0) is 9.42. The molecule has 0 aliphatic carbocycles. The Hall–Kier alpha value is -1.00. The molecule has 0 unspecified atom stereocenters. The number of allylic oxidation sites excluding steroid dienone is 1. The summed E-state index contributed by atoms with van der Waals surface area (Å²) in [6.45, 7) is 0. The highest BCUT2D eigenvalue weighted by Gasteiger charge is 2.23. The third-order valence-corrected chi connectivity index (χ3v) is 1.97. The predicted octanol–water partition coefficient (Wildman–Crippen LogP) is 1.49. The number of amides is 1. The van der Waals surface area contributed by atoms with Gasteiger partial charge in [-0.3, -0.25) is 4.79 Å². The van der Waals surface area contributed by atoms with Crippen LogP contribution in [-0.2, 0) is 4.79 Å². The number of carbonyl (C=O) groups excluding carboxylic acids is 1. The van der Waals surface area contributed by atoms with Gasteiger partial charge in [-0.2, -0.15) is 9.98 Å². The van der Waals surface area contributed by atoms with Crippen molar-refractivity contribution in [2.45, 2.75) is 6.42 Å². The number of hydrogen-bond acceptors (Lipinski definition) is 3. The van der Waals surface area contributed by atoms with Gasteiger partial charge in [-0.05, 0) is 11.6 Å². The van der Waals surface area contributed by atoms with Crippen molar-refractivity contribution in [3.63, 3.8) is 0 Å². The summed E-state index contributed by atoms with van der Waals surface area (Å²) in [5.74, 6) is -0.163. The fraction of sp³-hybridized carbons (Fsp3) is 0.143. The molecule has 0 atom stereocenters. The lowest BCUT2D eigenvalue weighted by Crippen LogP contribution is -2.19. The number of rotatable bonds is 0. The summed E-state index contributed by atoms with van der Waals surface area (Å²) in [4.78, 5) is 22.3. The fourth-order valence-corrected chi connectivity index (χ4v) is 1.34. The molecule has 2 rings (SSSR count). The summed E-state index contributed by atoms with van der Waals surface area (Å²) in [7, 11) is 0. The molecule has 0 aromatic heterocycles. The first-order valence-corrected chi connectivity index (χ1v) is 4.23. The van der Waals surface area contributed by atoms with Crippen molar-refractivity contribution in [1.82, 2.24) is 0 Å². The second-order valence-electron chi connectivity index (χ2n) is 2.43. The SMILES string of the molecule is O=C1N=C(Cl)N=C2N=C(Cl)CC=C12. The summed E-state index contributed by atoms with van der Waals surface area (Å²) in [5, 5.41) is 0.286. The Bertz CT molecular complexity index is 406. The van der Waals surface area contributed by atoms with Crippen LogP contribution in [0.25, 0.3) is 0 Å². The molecule has 13 heavy (non-hydrogen) atoms. The van der Waals surface area contributed by atoms with Gasteiger partial charge in [-0.25, -0.2) is 4.99 Å². The lowest BCUT2D eigenvalue weighted by atomic mass is 10.1. The van der Waals surface area contributed by atoms with E-state index < -0.39 is 5.91 Å². The van der Waals surface area contributed by atoms with Crippen LogP contribution in [0.3, 0.4) is 0 Å². The Labute approximate surface area is 83.7 Å². The molecule has 0 saturated carbocycles. The maximum absolute atomic E-state index is 11.2. The van der Waals surface area contributed by atoms with Crippen molar-refractivity contribution >= 4 is 45.4 Å². The molecule has 66 valence electrons. The number of fused-ring (bicyclic) bond motifs is 1. The van der Waals surface area contributed by atoms with Crippen molar-refractivity contribution in [2.24, 2.45) is 15.0 Å². The van der Waals surface area contributed by atoms with Gasteiger partial charge in [0.25, 0.3) is 5.91 Å². The zero-order valence-electron chi connectivity index (χ0n) is 6.29. The molecule has 0 spiro atoms. The summed E-state index contributed by atoms with van der Waals surface area (Å²) in [6.07, 6.45) is 2.08. The molecule has 0 aromatic rings. The van der Waals surface area contributed by atoms with E-state index in [-0.39, 0.29) is 11.1 Å². The first-order valence-electron chi connectivity index (χ1n) is 3.47. The molecule has 0 bridgehead atoms. The van der Waals surface area contributed by atoms with E-state index in [1.54, 1.807) is 6.08 Å². The second kappa shape index (κ2) is 3.05. The van der Waals surface area contributed by atoms with Gasteiger partial charge in [0.05, 0.1) is 5.57 Å². The van der Waals surface area contributed by atoms with Crippen LogP contribution in [0, 0.1) is 0 Å². The zero-order valence-corrected chi connectivity index (χ0v) is 7.80. The third-order valence-electron chi connectivity index (χ3n) is 1.57. The van der Waals surface area contributed by atoms with Crippen molar-refractivity contribution < 1.29 is 4.79 Å². The Morgan fingerprint density at radius 2 is 2.00 bits per heavy atom. The number of dihydropyridines is 1. The van der Waals surface area contributed by atoms with Gasteiger partial charge in [-0.1, -0.05) is 17.7 Å². The fourth-order valence-electron chi connectivity index (χ4n) is 1.02. The van der Waals surface area contributed by atoms with E-state index in [0.29, 0.717) is 17.2 Å². The number of hydrogen-bond donors (Lipinski definition) is 0. The van der Waals surface area contributed by atoms with Crippen LogP contribution < -0.4 is 0 Å². The molecule has 0 aromatic carbocycles. The lowest BCUT2D eigenvalue weighted by molar-refractivity contribution is -0.113. The minimum atomic E-state index is -0.414. The maximum atomic E-state index is 11.2. The van der Waals surface area contributed by atoms with Crippen LogP contribution in [-0.4, -0.2) is 22.2 Å². The minimum Gasteiger partial charge on any atom is -0.267 e. The molecule has 0 N–H and O–H groups in total. The Balaban J connectivity index is 2.49. The van der Waals surface area contributed by atoms with Gasteiger partial charge in [0.1, 0.15) is 5.17 Å². The number of halogens is 2. The molecule has 0 fully saturated rings. The van der Waals surface area contributed by atoms with Crippen LogP contribution in [0.4, 0.5) is 0 Å². The molecule has 1 amide bonds. The van der Waals surface area contributed by atoms with Crippen LogP contribution >= 0.6 is 23.2 Å². The number of carbonyl (C=O) groups is 1. The summed E-state index contributed by atoms with van der Waals surface area (Å²) in [5.41, 5.74) is 0.369. The molecule has 0 saturated heterocycles. The molecule has 0 radical (unpaired) electrons. The molecule has 2 aliphatic rings. The average Bonchev–Trinajstić information content (AvgIpc) is 2.02. The lowest BCUT2D eigenvalue weighted by Gasteiger charge is -2.11. The molecule has 2 aliphatic heterocycles. The molecule has 4 nitrogen and oxygen atoms in total. The van der Waals surface area contributed by atoms with E-state index in [4.69, 9.17) is 23.2 Å². The highest BCUT2D eigenvalue weighted by Crippen LogP contribution is 2.17. The van der Waals surface area contributed by atoms with Gasteiger partial charge in [0, 0.05) is 6.42 Å². The van der Waals surface area contributed by atoms with Gasteiger partial charge in [0.2, 0.25) is 5.29 Å². The molecular weight excluding hydrogens is 213 g/mol. The van der Waals surface area contributed by atoms with Crippen LogP contribution in [0.5, 0.6) is 0 Å². The smallest absolute Gasteiger partial charge is 0.267 e. The van der Waals surface area contributed by atoms with E-state index >= 15 is 0 Å². The first-order chi connectivity index (χ1) is 6.16. The van der Waals surface area contributed by atoms with Gasteiger partial charge < -0.3 is 0 Å². The van der Waals surface area contributed by atoms with Gasteiger partial charge >= 0.3 is 0 Å². The van der Waals surface area contributed by atoms with Crippen molar-refractivity contribution in [2.75, 3.05) is 0 Å². The van der Waals surface area contributed by atoms with Gasteiger partial charge in [-0.15, -0.1) is 0 Å². The number of amidine groups is 2. The highest BCUT2D eigenvalue weighted by molar-refractivity contribution is 6.69. The summed E-state index contributed by atoms with van der Waals surface area (Å²) < 4.78 is 0. The van der Waals surface area contributed by atoms with E-state index in [2.05, 4.69) is 15.0 Å². The Morgan fingerprint density at radius 3 is 2.77 bits per heavy atom. The van der Waals surface area contributed by atoms with E-state index in [0.717, 1.165) is 0 Å². The van der Waals surface area contributed by atoms with E-state index in [9.17, 15) is 4.79 Å². The average molecular weight is 216 g/mol. The molecule has 2 heterocycles. The van der Waals surface area contributed by atoms with E-state index in [1.165, 1.54) is 0 Å². The van der Waals surface area contributed by atoms with E-state index in [1.807, 2.05) is 0 Å². The van der Waals surface area contributed by atoms with Crippen LogP contribution in [0.1, 0.15) is 6.42 Å². The standard InChI is InChI=1S/C7H3Cl2N3O/c8-4-2-1-3-5(10-4)11-7(9)12-6(3)13/h1H,2H2. The Morgan fingerprint density at radius 1 is 1.23 bits per heavy atom. The van der Waals surface area contributed by atoms with Crippen molar-refractivity contribution in [1.29, 1.82) is 0 Å². The maximum Gasteiger partial charge on any atom is 0.283 e. The van der Waals surface area contributed by atoms with Crippen molar-refractivity contribution in [3.8, 4) is 0 Å². The highest BCUT2D eigenvalue weighted by atomic mass is 35.5. The minimum absolute atomic E-state index is 0.104.